The summed E-state index contributed by atoms with van der Waals surface area (Å²) in [5, 5.41) is 58.8. The number of carbonyl (C=O) groups excluding carboxylic acids is 13. The van der Waals surface area contributed by atoms with Crippen LogP contribution in [-0.4, -0.2) is 221 Å². The molecule has 13 amide bonds. The average Bonchev–Trinajstić information content (AvgIpc) is 0.854. The number of carbonyl (C=O) groups is 16. The van der Waals surface area contributed by atoms with Crippen LogP contribution in [0.4, 0.5) is 0 Å². The van der Waals surface area contributed by atoms with Crippen molar-refractivity contribution in [3.8, 4) is 0 Å². The minimum absolute atomic E-state index is 0.0194. The van der Waals surface area contributed by atoms with Gasteiger partial charge in [-0.15, -0.1) is 0 Å². The molecule has 40 heteroatoms. The molecule has 0 spiro atoms. The maximum absolute atomic E-state index is 14.9. The highest BCUT2D eigenvalue weighted by Crippen LogP contribution is 2.15. The summed E-state index contributed by atoms with van der Waals surface area (Å²) in [6, 6.07) is -8.61. The molecule has 0 saturated heterocycles. The second kappa shape index (κ2) is 49.8. The Morgan fingerprint density at radius 1 is 0.396 bits per heavy atom. The number of nitrogens with zero attached hydrogens (tertiary/aromatic N) is 2. The van der Waals surface area contributed by atoms with Crippen LogP contribution in [0.2, 0.25) is 0 Å². The van der Waals surface area contributed by atoms with E-state index in [1.165, 1.54) is 6.92 Å². The van der Waals surface area contributed by atoms with Gasteiger partial charge in [-0.3, -0.25) is 81.9 Å². The van der Waals surface area contributed by atoms with Crippen LogP contribution in [0.15, 0.2) is 40.3 Å². The fourth-order valence-electron chi connectivity index (χ4n) is 10.3. The first-order valence-electron chi connectivity index (χ1n) is 34.9. The third-order valence-corrected chi connectivity index (χ3v) is 15.8. The van der Waals surface area contributed by atoms with E-state index in [0.29, 0.717) is 18.4 Å². The van der Waals surface area contributed by atoms with Crippen molar-refractivity contribution in [2.75, 3.05) is 32.7 Å². The van der Waals surface area contributed by atoms with E-state index in [4.69, 9.17) is 40.1 Å². The third-order valence-electron chi connectivity index (χ3n) is 15.8. The maximum atomic E-state index is 14.9. The molecule has 0 saturated carbocycles. The fraction of sp³-hybridized carbons (Fsp3) is 0.636. The molecule has 0 aromatic heterocycles. The number of rotatable bonds is 53. The SMILES string of the molecule is CC(C)C[C@H](NC(=O)[C@H](CCC(=O)O)NC(=O)CNC(=O)[C@H](C)NC(=O)CN)C(=O)N[C@@H](CCC(=O)O)C(=O)N[C@@H](CC(C)C)C(=O)N[C@@H](CCC(N)=O)C(=O)N[C@@H](Cc1ccccc1)C(=O)N[C@@H](CCCN=C(N)N)C(=O)N[C@@H](CCCN=C(N)N)C(=O)N[C@H](C(=O)N[C@@H](CCCCN)C(=O)O)C(C)C. The smallest absolute Gasteiger partial charge is 0.326 e. The number of benzene rings is 1. The highest BCUT2D eigenvalue weighted by molar-refractivity contribution is 6.00. The van der Waals surface area contributed by atoms with Crippen LogP contribution >= 0.6 is 0 Å². The van der Waals surface area contributed by atoms with Crippen LogP contribution in [0, 0.1) is 17.8 Å². The Hall–Kier alpha value is -10.8. The van der Waals surface area contributed by atoms with E-state index in [9.17, 15) is 92.0 Å². The molecule has 0 aliphatic carbocycles. The van der Waals surface area contributed by atoms with Crippen LogP contribution in [0.25, 0.3) is 0 Å². The fourth-order valence-corrected chi connectivity index (χ4v) is 10.3. The van der Waals surface area contributed by atoms with Gasteiger partial charge in [0.15, 0.2) is 11.9 Å². The van der Waals surface area contributed by atoms with Gasteiger partial charge in [-0.1, -0.05) is 71.9 Å². The van der Waals surface area contributed by atoms with E-state index in [2.05, 4.69) is 73.8 Å². The van der Waals surface area contributed by atoms with Gasteiger partial charge in [0.2, 0.25) is 76.8 Å². The van der Waals surface area contributed by atoms with Crippen LogP contribution in [0.3, 0.4) is 0 Å². The lowest BCUT2D eigenvalue weighted by atomic mass is 9.99. The second-order valence-corrected chi connectivity index (χ2v) is 26.4. The molecule has 0 aliphatic rings. The molecule has 594 valence electrons. The summed E-state index contributed by atoms with van der Waals surface area (Å²) < 4.78 is 0. The standard InChI is InChI=1S/C66H111N21O19/c1-34(2)29-45(84-56(97)41(21-24-51(91)92)78-50(90)33-76-54(95)37(7)77-49(89)32-68)61(102)82-43(22-25-52(93)94)58(99)85-46(30-35(3)4)60(101)81-42(20-23-48(69)88)57(98)86-47(31-38-15-9-8-10-16-38)62(103)80-39(18-13-27-74-65(70)71)55(96)79-40(19-14-28-75-66(72)73)59(100)87-53(36(5)6)63(104)83-44(64(105)106)17-11-12-26-67/h8-10,15-16,34-37,39-47,53H,11-14,17-33,67-68H2,1-7H3,(H2,69,88)(H,76,95)(H,77,89)(H,78,90)(H,79,96)(H,80,103)(H,81,101)(H,82,102)(H,83,104)(H,84,97)(H,85,99)(H,86,98)(H,87,100)(H,91,92)(H,93,94)(H,105,106)(H4,70,71,74)(H4,72,73,75)/t37-,39-,40-,41-,42-,43-,44-,45-,46-,47-,53-/m0/s1. The van der Waals surface area contributed by atoms with Gasteiger partial charge in [-0.05, 0) is 114 Å². The zero-order chi connectivity index (χ0) is 80.3. The van der Waals surface area contributed by atoms with Gasteiger partial charge in [-0.25, -0.2) is 4.79 Å². The monoisotopic (exact) mass is 1500 g/mol. The Kier molecular flexibility index (Phi) is 43.8. The number of unbranched alkanes of at least 4 members (excludes halogenated alkanes) is 1. The number of hydrogen-bond donors (Lipinski definition) is 22. The molecule has 0 unspecified atom stereocenters. The zero-order valence-electron chi connectivity index (χ0n) is 61.1. The minimum Gasteiger partial charge on any atom is -0.481 e. The average molecular weight is 1500 g/mol. The molecular weight excluding hydrogens is 1390 g/mol. The number of nitrogens with one attached hydrogen (secondary N) is 12. The molecule has 106 heavy (non-hydrogen) atoms. The predicted molar refractivity (Wildman–Crippen MR) is 385 cm³/mol. The van der Waals surface area contributed by atoms with E-state index in [0.717, 1.165) is 0 Å². The van der Waals surface area contributed by atoms with E-state index < -0.39 is 225 Å². The van der Waals surface area contributed by atoms with Gasteiger partial charge in [0.1, 0.15) is 66.5 Å². The zero-order valence-corrected chi connectivity index (χ0v) is 61.1. The lowest BCUT2D eigenvalue weighted by Gasteiger charge is -2.29. The van der Waals surface area contributed by atoms with Gasteiger partial charge >= 0.3 is 17.9 Å². The van der Waals surface area contributed by atoms with Crippen molar-refractivity contribution >= 4 is 107 Å². The molecular formula is C66H111N21O19. The Morgan fingerprint density at radius 2 is 0.774 bits per heavy atom. The number of amides is 13. The normalized spacial score (nSPS) is 14.1. The summed E-state index contributed by atoms with van der Waals surface area (Å²) in [5.74, 6) is -18.7. The van der Waals surface area contributed by atoms with Crippen LogP contribution in [0.1, 0.15) is 150 Å². The van der Waals surface area contributed by atoms with E-state index >= 15 is 0 Å². The maximum Gasteiger partial charge on any atom is 0.326 e. The Bertz CT molecular complexity index is 3180. The molecule has 29 N–H and O–H groups in total. The number of guanidine groups is 2. The van der Waals surface area contributed by atoms with Crippen LogP contribution in [0.5, 0.6) is 0 Å². The molecule has 0 radical (unpaired) electrons. The third kappa shape index (κ3) is 39.2. The first kappa shape index (κ1) is 93.2. The van der Waals surface area contributed by atoms with Gasteiger partial charge in [0.25, 0.3) is 0 Å². The summed E-state index contributed by atoms with van der Waals surface area (Å²) in [6.07, 6.45) is -3.67. The number of aliphatic carboxylic acids is 3. The molecule has 1 aromatic rings. The molecule has 0 aliphatic heterocycles. The molecule has 0 fully saturated rings. The Labute approximate surface area is 614 Å². The van der Waals surface area contributed by atoms with E-state index in [1.807, 2.05) is 0 Å². The number of hydrogen-bond acceptors (Lipinski definition) is 20. The van der Waals surface area contributed by atoms with Crippen molar-refractivity contribution in [1.29, 1.82) is 0 Å². The van der Waals surface area contributed by atoms with Crippen molar-refractivity contribution in [3.63, 3.8) is 0 Å². The quantitative estimate of drug-likeness (QED) is 0.0164. The van der Waals surface area contributed by atoms with Crippen LogP contribution < -0.4 is 104 Å². The number of primary amides is 1. The van der Waals surface area contributed by atoms with Crippen molar-refractivity contribution in [3.05, 3.63) is 35.9 Å². The van der Waals surface area contributed by atoms with Crippen LogP contribution in [-0.2, 0) is 83.1 Å². The molecule has 1 rings (SSSR count). The van der Waals surface area contributed by atoms with Crippen molar-refractivity contribution in [2.24, 2.45) is 67.9 Å². The number of carboxylic acid groups (broad SMARTS) is 3. The second-order valence-electron chi connectivity index (χ2n) is 26.4. The molecule has 0 heterocycles. The largest absolute Gasteiger partial charge is 0.481 e. The minimum atomic E-state index is -1.77. The van der Waals surface area contributed by atoms with Gasteiger partial charge in [0, 0.05) is 38.8 Å². The molecule has 0 bridgehead atoms. The van der Waals surface area contributed by atoms with Crippen molar-refractivity contribution < 1.29 is 92.0 Å². The number of aliphatic imine (C=N–C) groups is 2. The van der Waals surface area contributed by atoms with Crippen molar-refractivity contribution in [1.82, 2.24) is 63.8 Å². The topological polar surface area (TPSA) is 685 Å². The molecule has 40 nitrogen and oxygen atoms in total. The van der Waals surface area contributed by atoms with E-state index in [1.54, 1.807) is 71.9 Å². The van der Waals surface area contributed by atoms with Gasteiger partial charge in [0.05, 0.1) is 13.1 Å². The highest BCUT2D eigenvalue weighted by Gasteiger charge is 2.38. The summed E-state index contributed by atoms with van der Waals surface area (Å²) in [4.78, 5) is 223. The Morgan fingerprint density at radius 3 is 1.17 bits per heavy atom. The molecule has 11 atom stereocenters. The summed E-state index contributed by atoms with van der Waals surface area (Å²) in [5.41, 5.74) is 39.1. The predicted octanol–water partition coefficient (Wildman–Crippen LogP) is -6.28. The summed E-state index contributed by atoms with van der Waals surface area (Å²) >= 11 is 0. The van der Waals surface area contributed by atoms with Crippen molar-refractivity contribution in [2.45, 2.75) is 218 Å². The summed E-state index contributed by atoms with van der Waals surface area (Å²) in [7, 11) is 0. The van der Waals surface area contributed by atoms with Gasteiger partial charge < -0.3 is 119 Å². The first-order chi connectivity index (χ1) is 49.8. The number of nitrogens with two attached hydrogens (primary N) is 7. The van der Waals surface area contributed by atoms with E-state index in [-0.39, 0.29) is 88.8 Å². The van der Waals surface area contributed by atoms with Gasteiger partial charge in [-0.2, -0.15) is 0 Å². The Balaban J connectivity index is 3.85. The summed E-state index contributed by atoms with van der Waals surface area (Å²) in [6.45, 7) is 10.1. The first-order valence-corrected chi connectivity index (χ1v) is 34.9. The molecule has 1 aromatic carbocycles. The highest BCUT2D eigenvalue weighted by atomic mass is 16.4. The lowest BCUT2D eigenvalue weighted by molar-refractivity contribution is -0.143. The number of carboxylic acids is 3. The lowest BCUT2D eigenvalue weighted by Crippen LogP contribution is -2.61.